The van der Waals surface area contributed by atoms with Crippen LogP contribution in [-0.2, 0) is 0 Å². The average Bonchev–Trinajstić information content (AvgIpc) is 2.75. The molecule has 0 fully saturated rings. The number of nitrogens with zero attached hydrogens (tertiary/aromatic N) is 1. The first-order valence-electron chi connectivity index (χ1n) is 6.81. The van der Waals surface area contributed by atoms with Crippen molar-refractivity contribution in [1.29, 1.82) is 0 Å². The Labute approximate surface area is 119 Å². The highest BCUT2D eigenvalue weighted by atomic mass is 15.0. The summed E-state index contributed by atoms with van der Waals surface area (Å²) in [6, 6.07) is 16.5. The summed E-state index contributed by atoms with van der Waals surface area (Å²) in [7, 11) is 0. The van der Waals surface area contributed by atoms with Gasteiger partial charge >= 0.3 is 0 Å². The van der Waals surface area contributed by atoms with E-state index in [0.717, 1.165) is 16.9 Å². The van der Waals surface area contributed by atoms with E-state index in [0.29, 0.717) is 0 Å². The maximum absolute atomic E-state index is 6.23. The van der Waals surface area contributed by atoms with E-state index in [2.05, 4.69) is 54.0 Å². The minimum absolute atomic E-state index is 0.810. The first kappa shape index (κ1) is 12.5. The summed E-state index contributed by atoms with van der Waals surface area (Å²) in [6.45, 7) is 4.18. The minimum atomic E-state index is 0.810. The van der Waals surface area contributed by atoms with Gasteiger partial charge in [-0.3, -0.25) is 0 Å². The SMILES string of the molecule is C/C=C\c1c(C)n(-c2ccccc2)c2c(N)cccc12. The van der Waals surface area contributed by atoms with Crippen molar-refractivity contribution < 1.29 is 0 Å². The number of aromatic nitrogens is 1. The largest absolute Gasteiger partial charge is 0.397 e. The molecular weight excluding hydrogens is 244 g/mol. The number of hydrogen-bond acceptors (Lipinski definition) is 1. The van der Waals surface area contributed by atoms with E-state index < -0.39 is 0 Å². The molecule has 0 spiro atoms. The lowest BCUT2D eigenvalue weighted by Gasteiger charge is -2.09. The van der Waals surface area contributed by atoms with Gasteiger partial charge in [-0.2, -0.15) is 0 Å². The van der Waals surface area contributed by atoms with Crippen LogP contribution in [0.1, 0.15) is 18.2 Å². The summed E-state index contributed by atoms with van der Waals surface area (Å²) in [5.74, 6) is 0. The maximum Gasteiger partial charge on any atom is 0.0768 e. The first-order valence-corrected chi connectivity index (χ1v) is 6.81. The molecule has 0 bridgehead atoms. The van der Waals surface area contributed by atoms with E-state index in [1.54, 1.807) is 0 Å². The second-order valence-corrected chi connectivity index (χ2v) is 4.91. The number of benzene rings is 2. The summed E-state index contributed by atoms with van der Waals surface area (Å²) in [6.07, 6.45) is 4.22. The molecule has 2 heteroatoms. The standard InChI is InChI=1S/C18H18N2/c1-3-8-15-13(2)20(14-9-5-4-6-10-14)18-16(15)11-7-12-17(18)19/h3-12H,19H2,1-2H3/b8-3-. The third-order valence-electron chi connectivity index (χ3n) is 3.65. The van der Waals surface area contributed by atoms with E-state index in [9.17, 15) is 0 Å². The fourth-order valence-corrected chi connectivity index (χ4v) is 2.79. The number of allylic oxidation sites excluding steroid dienone is 1. The van der Waals surface area contributed by atoms with Gasteiger partial charge < -0.3 is 10.3 Å². The Bertz CT molecular complexity index is 780. The van der Waals surface area contributed by atoms with Crippen molar-refractivity contribution in [2.24, 2.45) is 0 Å². The van der Waals surface area contributed by atoms with Gasteiger partial charge in [0.2, 0.25) is 0 Å². The van der Waals surface area contributed by atoms with Crippen LogP contribution in [0.4, 0.5) is 5.69 Å². The molecule has 2 N–H and O–H groups in total. The van der Waals surface area contributed by atoms with Crippen LogP contribution in [-0.4, -0.2) is 4.57 Å². The van der Waals surface area contributed by atoms with E-state index in [4.69, 9.17) is 5.73 Å². The third kappa shape index (κ3) is 1.81. The molecule has 0 saturated heterocycles. The van der Waals surface area contributed by atoms with Gasteiger partial charge in [0.05, 0.1) is 11.2 Å². The molecule has 0 atom stereocenters. The average molecular weight is 262 g/mol. The summed E-state index contributed by atoms with van der Waals surface area (Å²) < 4.78 is 2.24. The van der Waals surface area contributed by atoms with Gasteiger partial charge in [-0.15, -0.1) is 0 Å². The van der Waals surface area contributed by atoms with Crippen LogP contribution in [0.3, 0.4) is 0 Å². The maximum atomic E-state index is 6.23. The van der Waals surface area contributed by atoms with Crippen LogP contribution < -0.4 is 5.73 Å². The van der Waals surface area contributed by atoms with Crippen LogP contribution in [0.15, 0.2) is 54.6 Å². The second-order valence-electron chi connectivity index (χ2n) is 4.91. The number of para-hydroxylation sites is 2. The highest BCUT2D eigenvalue weighted by Gasteiger charge is 2.14. The molecule has 0 amide bonds. The van der Waals surface area contributed by atoms with Gasteiger partial charge in [-0.05, 0) is 32.0 Å². The van der Waals surface area contributed by atoms with Gasteiger partial charge in [0.1, 0.15) is 0 Å². The monoisotopic (exact) mass is 262 g/mol. The lowest BCUT2D eigenvalue weighted by molar-refractivity contribution is 1.05. The van der Waals surface area contributed by atoms with Crippen LogP contribution in [0.2, 0.25) is 0 Å². The Balaban J connectivity index is 2.45. The van der Waals surface area contributed by atoms with Gasteiger partial charge in [0, 0.05) is 22.3 Å². The lowest BCUT2D eigenvalue weighted by atomic mass is 10.1. The predicted molar refractivity (Wildman–Crippen MR) is 87.1 cm³/mol. The van der Waals surface area contributed by atoms with Crippen LogP contribution in [0.25, 0.3) is 22.7 Å². The van der Waals surface area contributed by atoms with Gasteiger partial charge in [-0.25, -0.2) is 0 Å². The zero-order chi connectivity index (χ0) is 14.1. The van der Waals surface area contributed by atoms with E-state index in [-0.39, 0.29) is 0 Å². The Hall–Kier alpha value is -2.48. The smallest absolute Gasteiger partial charge is 0.0768 e. The predicted octanol–water partition coefficient (Wildman–Crippen LogP) is 4.55. The highest BCUT2D eigenvalue weighted by Crippen LogP contribution is 2.33. The fraction of sp³-hybridized carbons (Fsp3) is 0.111. The van der Waals surface area contributed by atoms with Crippen LogP contribution in [0, 0.1) is 6.92 Å². The molecule has 0 aliphatic rings. The van der Waals surface area contributed by atoms with Crippen molar-refractivity contribution in [1.82, 2.24) is 4.57 Å². The van der Waals surface area contributed by atoms with Crippen molar-refractivity contribution >= 4 is 22.7 Å². The molecule has 0 unspecified atom stereocenters. The number of rotatable bonds is 2. The Morgan fingerprint density at radius 3 is 2.45 bits per heavy atom. The summed E-state index contributed by atoms with van der Waals surface area (Å²) in [5, 5.41) is 1.20. The molecule has 100 valence electrons. The zero-order valence-corrected chi connectivity index (χ0v) is 11.8. The van der Waals surface area contributed by atoms with Gasteiger partial charge in [-0.1, -0.05) is 42.5 Å². The van der Waals surface area contributed by atoms with Crippen molar-refractivity contribution in [3.63, 3.8) is 0 Å². The number of nitrogen functional groups attached to an aromatic ring is 1. The molecular formula is C18H18N2. The normalized spacial score (nSPS) is 11.5. The summed E-state index contributed by atoms with van der Waals surface area (Å²) >= 11 is 0. The van der Waals surface area contributed by atoms with Crippen LogP contribution >= 0.6 is 0 Å². The first-order chi connectivity index (χ1) is 9.74. The number of anilines is 1. The zero-order valence-electron chi connectivity index (χ0n) is 11.8. The fourth-order valence-electron chi connectivity index (χ4n) is 2.79. The number of fused-ring (bicyclic) bond motifs is 1. The summed E-state index contributed by atoms with van der Waals surface area (Å²) in [5.41, 5.74) is 11.7. The minimum Gasteiger partial charge on any atom is -0.397 e. The van der Waals surface area contributed by atoms with Crippen molar-refractivity contribution in [2.45, 2.75) is 13.8 Å². The highest BCUT2D eigenvalue weighted by molar-refractivity contribution is 5.99. The Morgan fingerprint density at radius 2 is 1.75 bits per heavy atom. The molecule has 20 heavy (non-hydrogen) atoms. The van der Waals surface area contributed by atoms with Crippen LogP contribution in [0.5, 0.6) is 0 Å². The van der Waals surface area contributed by atoms with E-state index >= 15 is 0 Å². The van der Waals surface area contributed by atoms with Crippen molar-refractivity contribution in [3.8, 4) is 5.69 Å². The van der Waals surface area contributed by atoms with Gasteiger partial charge in [0.15, 0.2) is 0 Å². The molecule has 1 aromatic heterocycles. The molecule has 0 aliphatic carbocycles. The van der Waals surface area contributed by atoms with E-state index in [1.165, 1.54) is 16.6 Å². The van der Waals surface area contributed by atoms with Crippen molar-refractivity contribution in [3.05, 3.63) is 65.9 Å². The molecule has 2 aromatic carbocycles. The van der Waals surface area contributed by atoms with E-state index in [1.807, 2.05) is 25.1 Å². The molecule has 1 heterocycles. The Morgan fingerprint density at radius 1 is 1.00 bits per heavy atom. The number of hydrogen-bond donors (Lipinski definition) is 1. The third-order valence-corrected chi connectivity index (χ3v) is 3.65. The quantitative estimate of drug-likeness (QED) is 0.675. The molecule has 2 nitrogen and oxygen atoms in total. The molecule has 3 rings (SSSR count). The topological polar surface area (TPSA) is 30.9 Å². The van der Waals surface area contributed by atoms with Crippen molar-refractivity contribution in [2.75, 3.05) is 5.73 Å². The second kappa shape index (κ2) is 4.89. The molecule has 0 radical (unpaired) electrons. The molecule has 3 aromatic rings. The summed E-state index contributed by atoms with van der Waals surface area (Å²) in [4.78, 5) is 0. The lowest BCUT2D eigenvalue weighted by Crippen LogP contribution is -1.98. The molecule has 0 aliphatic heterocycles. The number of nitrogens with two attached hydrogens (primary N) is 1. The molecule has 0 saturated carbocycles. The Kier molecular flexibility index (Phi) is 3.07. The van der Waals surface area contributed by atoms with Gasteiger partial charge in [0.25, 0.3) is 0 Å².